The van der Waals surface area contributed by atoms with Crippen LogP contribution < -0.4 is 28.9 Å². The van der Waals surface area contributed by atoms with E-state index in [1.165, 1.54) is 25.3 Å². The van der Waals surface area contributed by atoms with Crippen LogP contribution in [0.4, 0.5) is 21.5 Å². The summed E-state index contributed by atoms with van der Waals surface area (Å²) in [6.45, 7) is 19.6. The topological polar surface area (TPSA) is 191 Å². The van der Waals surface area contributed by atoms with Gasteiger partial charge in [-0.25, -0.2) is 19.3 Å². The Morgan fingerprint density at radius 2 is 1.06 bits per heavy atom. The van der Waals surface area contributed by atoms with Crippen molar-refractivity contribution in [1.82, 2.24) is 54.4 Å². The molecule has 3 aromatic carbocycles. The zero-order chi connectivity index (χ0) is 74.7. The lowest BCUT2D eigenvalue weighted by atomic mass is 9.72. The normalized spacial score (nSPS) is 20.3. The summed E-state index contributed by atoms with van der Waals surface area (Å²) in [5.74, 6) is 1.66. The number of likely N-dealkylation sites (tertiary alicyclic amines) is 3. The summed E-state index contributed by atoms with van der Waals surface area (Å²) in [4.78, 5) is 91.0. The van der Waals surface area contributed by atoms with Crippen LogP contribution in [0, 0.1) is 5.82 Å². The van der Waals surface area contributed by atoms with Gasteiger partial charge in [-0.1, -0.05) is 25.5 Å². The molecule has 1 saturated carbocycles. The van der Waals surface area contributed by atoms with E-state index in [-0.39, 0.29) is 29.8 Å². The standard InChI is InChI=1S/C87H101FN14O7/c1-7-98-35-24-86(25-36-98)80-65-47-59(15-20-69(65)90-55-74(80)101(83(86)104)40-39-95(4)30-11-41-107-76-21-16-60(51-92-76)58-14-19-68-64(46-58)79-73(54-89-68)97(6)82(103)85(79)26-37-100(38-27-85)57(2)3)61-17-22-77(93-52-61)108-42-12-31-96(5)71-50-72(71)102-75-56-91-70-49-67(88)63(48-66(70)81(75)87(84(102)105)28-44-106-45-29-87)62-18-23-78(94-53-62)109-43-13-34-99-32-9-8-10-33-99/h14-23,46-49,51-57,71-72H,7-13,24-45,50H2,1-6H3. The maximum absolute atomic E-state index is 16.1. The SMILES string of the molecule is CCN1CCC2(CC1)C(=O)N(CCN(C)CCCOc1ccc(-c3ccc4ncc5c(c4c3)C3(CCN(C(C)C)CC3)C(=O)N5C)cn1)c1cnc3ccc(-c4ccc(OCCCN(C)C5CC5N5C(=O)C6(CCOCC6)c6c5cnc5cc(F)c(-c7ccc(OCCCN8CCCCC8)nc7)cc65)nc4)cc3c12. The number of piperidine rings is 3. The van der Waals surface area contributed by atoms with Gasteiger partial charge in [-0.3, -0.25) is 29.3 Å². The number of hydrogen-bond acceptors (Lipinski definition) is 18. The maximum atomic E-state index is 16.1. The Balaban J connectivity index is 0.508. The number of fused-ring (bicyclic) bond motifs is 12. The van der Waals surface area contributed by atoms with Crippen molar-refractivity contribution in [3.05, 3.63) is 145 Å². The molecule has 7 aliphatic heterocycles. The van der Waals surface area contributed by atoms with Crippen molar-refractivity contribution in [2.75, 3.05) is 147 Å². The molecule has 0 radical (unpaired) electrons. The lowest BCUT2D eigenvalue weighted by Crippen LogP contribution is -2.49. The molecule has 8 aliphatic rings. The van der Waals surface area contributed by atoms with E-state index in [0.29, 0.717) is 99.3 Å². The van der Waals surface area contributed by atoms with Gasteiger partial charge in [0.2, 0.25) is 35.4 Å². The average Bonchev–Trinajstić information content (AvgIpc) is 1.56. The van der Waals surface area contributed by atoms with Gasteiger partial charge in [0.05, 0.1) is 94.3 Å². The van der Waals surface area contributed by atoms with E-state index in [4.69, 9.17) is 43.9 Å². The summed E-state index contributed by atoms with van der Waals surface area (Å²) in [7, 11) is 6.12. The Kier molecular flexibility index (Phi) is 20.2. The van der Waals surface area contributed by atoms with Crippen LogP contribution >= 0.6 is 0 Å². The summed E-state index contributed by atoms with van der Waals surface area (Å²) in [6, 6.07) is 28.3. The lowest BCUT2D eigenvalue weighted by molar-refractivity contribution is -0.127. The smallest absolute Gasteiger partial charge is 0.238 e. The summed E-state index contributed by atoms with van der Waals surface area (Å²) in [5.41, 5.74) is 11.0. The fraction of sp³-hybridized carbons (Fsp3) is 0.483. The lowest BCUT2D eigenvalue weighted by Gasteiger charge is -2.40. The van der Waals surface area contributed by atoms with E-state index in [2.05, 4.69) is 113 Å². The molecule has 109 heavy (non-hydrogen) atoms. The molecule has 13 heterocycles. The molecule has 5 fully saturated rings. The quantitative estimate of drug-likeness (QED) is 0.0490. The third-order valence-corrected chi connectivity index (χ3v) is 25.5. The van der Waals surface area contributed by atoms with E-state index < -0.39 is 22.1 Å². The molecule has 568 valence electrons. The van der Waals surface area contributed by atoms with Crippen LogP contribution in [0.25, 0.3) is 66.1 Å². The number of rotatable bonds is 25. The summed E-state index contributed by atoms with van der Waals surface area (Å²) in [5, 5.41) is 2.83. The summed E-state index contributed by atoms with van der Waals surface area (Å²) >= 11 is 0. The molecule has 6 aromatic heterocycles. The highest BCUT2D eigenvalue weighted by molar-refractivity contribution is 6.15. The number of carbonyl (C=O) groups is 3. The number of anilines is 3. The van der Waals surface area contributed by atoms with Crippen molar-refractivity contribution >= 4 is 67.5 Å². The van der Waals surface area contributed by atoms with Crippen LogP contribution in [0.3, 0.4) is 0 Å². The Labute approximate surface area is 638 Å². The average molecular weight is 1470 g/mol. The maximum Gasteiger partial charge on any atom is 0.238 e. The number of carbonyl (C=O) groups excluding carboxylic acids is 3. The van der Waals surface area contributed by atoms with Crippen molar-refractivity contribution in [3.8, 4) is 51.0 Å². The number of nitrogens with zero attached hydrogens (tertiary/aromatic N) is 14. The highest BCUT2D eigenvalue weighted by atomic mass is 19.1. The number of aromatic nitrogens is 6. The number of ether oxygens (including phenoxy) is 4. The molecular formula is C87H101FN14O7. The number of likely N-dealkylation sites (N-methyl/N-ethyl adjacent to an activating group) is 3. The zero-order valence-corrected chi connectivity index (χ0v) is 64.0. The molecule has 0 bridgehead atoms. The van der Waals surface area contributed by atoms with Crippen molar-refractivity contribution in [2.45, 2.75) is 139 Å². The molecule has 9 aromatic rings. The second-order valence-corrected chi connectivity index (χ2v) is 32.1. The molecule has 22 heteroatoms. The molecule has 17 rings (SSSR count). The van der Waals surface area contributed by atoms with Crippen LogP contribution in [0.2, 0.25) is 0 Å². The van der Waals surface area contributed by atoms with Gasteiger partial charge in [0, 0.05) is 163 Å². The van der Waals surface area contributed by atoms with Crippen LogP contribution in [-0.2, 0) is 35.4 Å². The Hall–Kier alpha value is -9.16. The largest absolute Gasteiger partial charge is 0.478 e. The van der Waals surface area contributed by atoms with Crippen LogP contribution in [0.15, 0.2) is 122 Å². The first-order chi connectivity index (χ1) is 53.1. The van der Waals surface area contributed by atoms with Crippen molar-refractivity contribution in [2.24, 2.45) is 0 Å². The first-order valence-corrected chi connectivity index (χ1v) is 40.0. The highest BCUT2D eigenvalue weighted by Gasteiger charge is 2.60. The third kappa shape index (κ3) is 13.5. The third-order valence-electron chi connectivity index (χ3n) is 25.5. The van der Waals surface area contributed by atoms with Gasteiger partial charge < -0.3 is 58.1 Å². The van der Waals surface area contributed by atoms with E-state index in [0.717, 1.165) is 200 Å². The first-order valence-electron chi connectivity index (χ1n) is 40.0. The molecule has 3 spiro atoms. The van der Waals surface area contributed by atoms with E-state index in [1.807, 2.05) is 76.9 Å². The second kappa shape index (κ2) is 30.3. The minimum Gasteiger partial charge on any atom is -0.478 e. The van der Waals surface area contributed by atoms with E-state index in [1.54, 1.807) is 12.4 Å². The molecule has 2 unspecified atom stereocenters. The van der Waals surface area contributed by atoms with Gasteiger partial charge in [-0.15, -0.1) is 0 Å². The Morgan fingerprint density at radius 3 is 1.67 bits per heavy atom. The molecular weight excluding hydrogens is 1370 g/mol. The molecule has 1 aliphatic carbocycles. The fourth-order valence-corrected chi connectivity index (χ4v) is 19.1. The van der Waals surface area contributed by atoms with Crippen LogP contribution in [0.1, 0.15) is 121 Å². The van der Waals surface area contributed by atoms with Gasteiger partial charge in [-0.05, 0) is 210 Å². The molecule has 21 nitrogen and oxygen atoms in total. The molecule has 3 amide bonds. The predicted octanol–water partition coefficient (Wildman–Crippen LogP) is 12.7. The number of benzene rings is 3. The van der Waals surface area contributed by atoms with E-state index >= 15 is 14.0 Å². The monoisotopic (exact) mass is 1470 g/mol. The summed E-state index contributed by atoms with van der Waals surface area (Å²) in [6.07, 6.45) is 22.3. The Bertz CT molecular complexity index is 4880. The van der Waals surface area contributed by atoms with Crippen molar-refractivity contribution < 1.29 is 37.7 Å². The molecule has 4 saturated heterocycles. The predicted molar refractivity (Wildman–Crippen MR) is 423 cm³/mol. The Morgan fingerprint density at radius 1 is 0.523 bits per heavy atom. The fourth-order valence-electron chi connectivity index (χ4n) is 19.1. The van der Waals surface area contributed by atoms with Gasteiger partial charge in [-0.2, -0.15) is 0 Å². The van der Waals surface area contributed by atoms with Gasteiger partial charge in [0.1, 0.15) is 5.82 Å². The minimum absolute atomic E-state index is 0.0295. The van der Waals surface area contributed by atoms with Crippen LogP contribution in [0.5, 0.6) is 17.6 Å². The zero-order valence-electron chi connectivity index (χ0n) is 64.0. The van der Waals surface area contributed by atoms with Crippen LogP contribution in [-0.4, -0.2) is 223 Å². The number of pyridine rings is 6. The first kappa shape index (κ1) is 72.7. The molecule has 0 N–H and O–H groups in total. The van der Waals surface area contributed by atoms with E-state index in [9.17, 15) is 4.79 Å². The van der Waals surface area contributed by atoms with Crippen molar-refractivity contribution in [1.29, 1.82) is 0 Å². The number of amides is 3. The second-order valence-electron chi connectivity index (χ2n) is 32.1. The number of hydrogen-bond donors (Lipinski definition) is 0. The summed E-state index contributed by atoms with van der Waals surface area (Å²) < 4.78 is 40.6. The highest BCUT2D eigenvalue weighted by Crippen LogP contribution is 2.56. The minimum atomic E-state index is -0.795. The molecule has 2 atom stereocenters. The van der Waals surface area contributed by atoms with Gasteiger partial charge in [0.25, 0.3) is 0 Å². The van der Waals surface area contributed by atoms with Crippen molar-refractivity contribution in [3.63, 3.8) is 0 Å². The number of halogens is 1. The van der Waals surface area contributed by atoms with Gasteiger partial charge >= 0.3 is 0 Å². The van der Waals surface area contributed by atoms with Gasteiger partial charge in [0.15, 0.2) is 0 Å².